The summed E-state index contributed by atoms with van der Waals surface area (Å²) in [5, 5.41) is 3.17. The summed E-state index contributed by atoms with van der Waals surface area (Å²) in [5.41, 5.74) is 2.22. The molecule has 0 aliphatic carbocycles. The maximum absolute atomic E-state index is 12.3. The van der Waals surface area contributed by atoms with Crippen molar-refractivity contribution >= 4 is 17.2 Å². The zero-order valence-corrected chi connectivity index (χ0v) is 16.6. The SMILES string of the molecule is CCC(C)C(=O)N1CCN(Cc2csc(-c3ccc(OC)cc3)n2)CC1. The molecule has 1 fully saturated rings. The number of rotatable bonds is 6. The quantitative estimate of drug-likeness (QED) is 0.777. The minimum absolute atomic E-state index is 0.132. The van der Waals surface area contributed by atoms with Gasteiger partial charge in [0.2, 0.25) is 5.91 Å². The van der Waals surface area contributed by atoms with Crippen LogP contribution in [0, 0.1) is 5.92 Å². The Morgan fingerprint density at radius 3 is 2.54 bits per heavy atom. The lowest BCUT2D eigenvalue weighted by atomic mass is 10.1. The van der Waals surface area contributed by atoms with Crippen LogP contribution in [0.3, 0.4) is 0 Å². The number of benzene rings is 1. The molecule has 1 amide bonds. The summed E-state index contributed by atoms with van der Waals surface area (Å²) in [5.74, 6) is 1.28. The van der Waals surface area contributed by atoms with Gasteiger partial charge in [-0.15, -0.1) is 11.3 Å². The van der Waals surface area contributed by atoms with E-state index in [-0.39, 0.29) is 5.92 Å². The molecule has 6 heteroatoms. The predicted octanol–water partition coefficient (Wildman–Crippen LogP) is 3.51. The molecule has 26 heavy (non-hydrogen) atoms. The van der Waals surface area contributed by atoms with Gasteiger partial charge in [0.25, 0.3) is 0 Å². The van der Waals surface area contributed by atoms with Gasteiger partial charge in [0, 0.05) is 49.6 Å². The summed E-state index contributed by atoms with van der Waals surface area (Å²) in [6.45, 7) is 8.40. The summed E-state index contributed by atoms with van der Waals surface area (Å²) in [6, 6.07) is 8.01. The molecule has 3 rings (SSSR count). The number of nitrogens with zero attached hydrogens (tertiary/aromatic N) is 3. The van der Waals surface area contributed by atoms with Crippen molar-refractivity contribution in [2.45, 2.75) is 26.8 Å². The average molecular weight is 374 g/mol. The Morgan fingerprint density at radius 1 is 1.23 bits per heavy atom. The summed E-state index contributed by atoms with van der Waals surface area (Å²) in [6.07, 6.45) is 0.909. The third-order valence-corrected chi connectivity index (χ3v) is 5.93. The van der Waals surface area contributed by atoms with Gasteiger partial charge in [-0.05, 0) is 30.7 Å². The number of carbonyl (C=O) groups is 1. The molecule has 0 bridgehead atoms. The summed E-state index contributed by atoms with van der Waals surface area (Å²) >= 11 is 1.67. The third kappa shape index (κ3) is 4.43. The molecule has 5 nitrogen and oxygen atoms in total. The van der Waals surface area contributed by atoms with Gasteiger partial charge in [-0.1, -0.05) is 13.8 Å². The number of ether oxygens (including phenoxy) is 1. The molecular weight excluding hydrogens is 346 g/mol. The number of methoxy groups -OCH3 is 1. The Hall–Kier alpha value is -1.92. The second kappa shape index (κ2) is 8.64. The highest BCUT2D eigenvalue weighted by Gasteiger charge is 2.24. The standard InChI is InChI=1S/C20H27N3O2S/c1-4-15(2)20(24)23-11-9-22(10-12-23)13-17-14-26-19(21-17)16-5-7-18(25-3)8-6-16/h5-8,14-15H,4,9-13H2,1-3H3. The molecule has 0 N–H and O–H groups in total. The number of piperazine rings is 1. The van der Waals surface area contributed by atoms with E-state index in [4.69, 9.17) is 9.72 Å². The first-order valence-corrected chi connectivity index (χ1v) is 10.1. The van der Waals surface area contributed by atoms with Gasteiger partial charge < -0.3 is 9.64 Å². The molecule has 0 radical (unpaired) electrons. The highest BCUT2D eigenvalue weighted by atomic mass is 32.1. The van der Waals surface area contributed by atoms with Crippen molar-refractivity contribution in [1.82, 2.24) is 14.8 Å². The maximum Gasteiger partial charge on any atom is 0.225 e. The molecule has 0 spiro atoms. The van der Waals surface area contributed by atoms with E-state index >= 15 is 0 Å². The molecule has 140 valence electrons. The minimum Gasteiger partial charge on any atom is -0.497 e. The smallest absolute Gasteiger partial charge is 0.225 e. The van der Waals surface area contributed by atoms with E-state index < -0.39 is 0 Å². The van der Waals surface area contributed by atoms with E-state index in [1.165, 1.54) is 0 Å². The van der Waals surface area contributed by atoms with Gasteiger partial charge in [-0.25, -0.2) is 4.98 Å². The van der Waals surface area contributed by atoms with Crippen molar-refractivity contribution in [2.75, 3.05) is 33.3 Å². The van der Waals surface area contributed by atoms with Crippen LogP contribution < -0.4 is 4.74 Å². The largest absolute Gasteiger partial charge is 0.497 e. The number of carbonyl (C=O) groups excluding carboxylic acids is 1. The molecule has 1 aliphatic rings. The molecule has 1 saturated heterocycles. The molecule has 2 heterocycles. The Labute approximate surface area is 159 Å². The molecule has 0 saturated carbocycles. The van der Waals surface area contributed by atoms with Gasteiger partial charge in [-0.3, -0.25) is 9.69 Å². The van der Waals surface area contributed by atoms with Gasteiger partial charge in [0.05, 0.1) is 12.8 Å². The van der Waals surface area contributed by atoms with Crippen molar-refractivity contribution in [3.8, 4) is 16.3 Å². The Bertz CT molecular complexity index is 721. The second-order valence-corrected chi connectivity index (χ2v) is 7.64. The molecule has 1 aromatic heterocycles. The lowest BCUT2D eigenvalue weighted by Gasteiger charge is -2.35. The first-order valence-electron chi connectivity index (χ1n) is 9.20. The predicted molar refractivity (Wildman–Crippen MR) is 105 cm³/mol. The van der Waals surface area contributed by atoms with Crippen LogP contribution in [0.4, 0.5) is 0 Å². The molecule has 1 unspecified atom stereocenters. The normalized spacial score (nSPS) is 16.5. The lowest BCUT2D eigenvalue weighted by Crippen LogP contribution is -2.49. The van der Waals surface area contributed by atoms with Crippen molar-refractivity contribution in [3.05, 3.63) is 35.3 Å². The molecule has 1 aliphatic heterocycles. The Kier molecular flexibility index (Phi) is 6.27. The number of amides is 1. The fraction of sp³-hybridized carbons (Fsp3) is 0.500. The van der Waals surface area contributed by atoms with Crippen molar-refractivity contribution in [2.24, 2.45) is 5.92 Å². The van der Waals surface area contributed by atoms with Crippen LogP contribution in [-0.4, -0.2) is 54.0 Å². The van der Waals surface area contributed by atoms with Gasteiger partial charge in [0.15, 0.2) is 0 Å². The minimum atomic E-state index is 0.132. The third-order valence-electron chi connectivity index (χ3n) is 4.99. The highest BCUT2D eigenvalue weighted by Crippen LogP contribution is 2.26. The van der Waals surface area contributed by atoms with Crippen LogP contribution in [0.25, 0.3) is 10.6 Å². The Morgan fingerprint density at radius 2 is 1.92 bits per heavy atom. The lowest BCUT2D eigenvalue weighted by molar-refractivity contribution is -0.136. The second-order valence-electron chi connectivity index (χ2n) is 6.78. The summed E-state index contributed by atoms with van der Waals surface area (Å²) in [4.78, 5) is 21.5. The van der Waals surface area contributed by atoms with E-state index in [0.29, 0.717) is 5.91 Å². The van der Waals surface area contributed by atoms with Crippen LogP contribution in [0.1, 0.15) is 26.0 Å². The van der Waals surface area contributed by atoms with Crippen LogP contribution in [0.2, 0.25) is 0 Å². The van der Waals surface area contributed by atoms with Crippen molar-refractivity contribution in [3.63, 3.8) is 0 Å². The van der Waals surface area contributed by atoms with E-state index in [0.717, 1.165) is 61.2 Å². The van der Waals surface area contributed by atoms with E-state index in [9.17, 15) is 4.79 Å². The van der Waals surface area contributed by atoms with Crippen LogP contribution in [0.15, 0.2) is 29.6 Å². The molecule has 1 aromatic carbocycles. The highest BCUT2D eigenvalue weighted by molar-refractivity contribution is 7.13. The molecule has 2 aromatic rings. The average Bonchev–Trinajstić information content (AvgIpc) is 3.16. The monoisotopic (exact) mass is 373 g/mol. The number of thiazole rings is 1. The zero-order chi connectivity index (χ0) is 18.5. The first kappa shape index (κ1) is 18.9. The van der Waals surface area contributed by atoms with Crippen molar-refractivity contribution < 1.29 is 9.53 Å². The number of aromatic nitrogens is 1. The first-order chi connectivity index (χ1) is 12.6. The fourth-order valence-corrected chi connectivity index (χ4v) is 3.90. The van der Waals surface area contributed by atoms with E-state index in [1.54, 1.807) is 18.4 Å². The number of hydrogen-bond acceptors (Lipinski definition) is 5. The van der Waals surface area contributed by atoms with Gasteiger partial charge >= 0.3 is 0 Å². The fourth-order valence-electron chi connectivity index (χ4n) is 3.09. The van der Waals surface area contributed by atoms with Gasteiger partial charge in [-0.2, -0.15) is 0 Å². The van der Waals surface area contributed by atoms with E-state index in [1.807, 2.05) is 36.1 Å². The molecular formula is C20H27N3O2S. The van der Waals surface area contributed by atoms with Crippen LogP contribution >= 0.6 is 11.3 Å². The zero-order valence-electron chi connectivity index (χ0n) is 15.8. The molecule has 1 atom stereocenters. The Balaban J connectivity index is 1.54. The number of hydrogen-bond donors (Lipinski definition) is 0. The summed E-state index contributed by atoms with van der Waals surface area (Å²) < 4.78 is 5.21. The van der Waals surface area contributed by atoms with E-state index in [2.05, 4.69) is 17.2 Å². The topological polar surface area (TPSA) is 45.7 Å². The van der Waals surface area contributed by atoms with Gasteiger partial charge in [0.1, 0.15) is 10.8 Å². The summed E-state index contributed by atoms with van der Waals surface area (Å²) in [7, 11) is 1.67. The van der Waals surface area contributed by atoms with Crippen LogP contribution in [0.5, 0.6) is 5.75 Å². The van der Waals surface area contributed by atoms with Crippen LogP contribution in [-0.2, 0) is 11.3 Å². The maximum atomic E-state index is 12.3. The van der Waals surface area contributed by atoms with Crippen molar-refractivity contribution in [1.29, 1.82) is 0 Å².